The van der Waals surface area contributed by atoms with Gasteiger partial charge in [0.25, 0.3) is 0 Å². The number of carbonyl (C=O) groups excluding carboxylic acids is 1. The molecule has 0 spiro atoms. The molecule has 0 saturated carbocycles. The molecule has 0 fully saturated rings. The number of aliphatic hydroxyl groups is 1. The van der Waals surface area contributed by atoms with Gasteiger partial charge in [0.05, 0.1) is 13.2 Å². The lowest BCUT2D eigenvalue weighted by atomic mass is 10.1. The SMILES string of the molecule is CC/C=C\C/C=C\C/C=C\C/C=C\CCCCCOCC(CO)OC(=O)CCCCCCCCCCCC. The van der Waals surface area contributed by atoms with E-state index in [4.69, 9.17) is 9.47 Å². The van der Waals surface area contributed by atoms with E-state index < -0.39 is 6.10 Å². The third-order valence-corrected chi connectivity index (χ3v) is 6.42. The summed E-state index contributed by atoms with van der Waals surface area (Å²) in [5.74, 6) is -0.217. The average molecular weight is 533 g/mol. The van der Waals surface area contributed by atoms with Gasteiger partial charge in [0.2, 0.25) is 0 Å². The van der Waals surface area contributed by atoms with Gasteiger partial charge in [-0.3, -0.25) is 4.79 Å². The Balaban J connectivity index is 3.55. The van der Waals surface area contributed by atoms with Crippen LogP contribution >= 0.6 is 0 Å². The second kappa shape index (κ2) is 31.6. The number of hydrogen-bond donors (Lipinski definition) is 1. The van der Waals surface area contributed by atoms with Gasteiger partial charge in [-0.1, -0.05) is 127 Å². The molecule has 1 N–H and O–H groups in total. The molecule has 4 nitrogen and oxygen atoms in total. The van der Waals surface area contributed by atoms with Crippen LogP contribution in [-0.4, -0.2) is 37.0 Å². The van der Waals surface area contributed by atoms with E-state index in [9.17, 15) is 9.90 Å². The molecule has 0 radical (unpaired) electrons. The lowest BCUT2D eigenvalue weighted by molar-refractivity contribution is -0.154. The fraction of sp³-hybridized carbons (Fsp3) is 0.735. The summed E-state index contributed by atoms with van der Waals surface area (Å²) in [7, 11) is 0. The summed E-state index contributed by atoms with van der Waals surface area (Å²) < 4.78 is 11.0. The first-order valence-corrected chi connectivity index (χ1v) is 15.7. The van der Waals surface area contributed by atoms with Gasteiger partial charge in [-0.2, -0.15) is 0 Å². The zero-order valence-electron chi connectivity index (χ0n) is 24.9. The monoisotopic (exact) mass is 532 g/mol. The second-order valence-electron chi connectivity index (χ2n) is 10.2. The highest BCUT2D eigenvalue weighted by molar-refractivity contribution is 5.69. The number of hydrogen-bond acceptors (Lipinski definition) is 4. The lowest BCUT2D eigenvalue weighted by Gasteiger charge is -2.15. The molecule has 0 heterocycles. The zero-order chi connectivity index (χ0) is 27.8. The summed E-state index contributed by atoms with van der Waals surface area (Å²) in [4.78, 5) is 12.0. The molecule has 4 heteroatoms. The molecule has 1 atom stereocenters. The molecule has 0 aliphatic rings. The van der Waals surface area contributed by atoms with Crippen LogP contribution in [0.1, 0.15) is 136 Å². The molecule has 1 unspecified atom stereocenters. The number of ether oxygens (including phenoxy) is 2. The van der Waals surface area contributed by atoms with Crippen molar-refractivity contribution in [2.45, 2.75) is 142 Å². The van der Waals surface area contributed by atoms with Gasteiger partial charge >= 0.3 is 5.97 Å². The van der Waals surface area contributed by atoms with Crippen LogP contribution in [0.5, 0.6) is 0 Å². The van der Waals surface area contributed by atoms with Crippen molar-refractivity contribution >= 4 is 5.97 Å². The first kappa shape index (κ1) is 36.4. The van der Waals surface area contributed by atoms with Gasteiger partial charge < -0.3 is 14.6 Å². The van der Waals surface area contributed by atoms with E-state index in [2.05, 4.69) is 62.5 Å². The van der Waals surface area contributed by atoms with E-state index >= 15 is 0 Å². The number of aliphatic hydroxyl groups excluding tert-OH is 1. The molecular formula is C34H60O4. The summed E-state index contributed by atoms with van der Waals surface area (Å²) in [5, 5.41) is 9.49. The largest absolute Gasteiger partial charge is 0.457 e. The van der Waals surface area contributed by atoms with Gasteiger partial charge in [-0.05, 0) is 51.4 Å². The Hall–Kier alpha value is -1.65. The molecule has 0 bridgehead atoms. The van der Waals surface area contributed by atoms with Crippen molar-refractivity contribution in [2.75, 3.05) is 19.8 Å². The topological polar surface area (TPSA) is 55.8 Å². The van der Waals surface area contributed by atoms with Crippen molar-refractivity contribution in [1.29, 1.82) is 0 Å². The zero-order valence-corrected chi connectivity index (χ0v) is 24.9. The van der Waals surface area contributed by atoms with Crippen LogP contribution in [0.3, 0.4) is 0 Å². The van der Waals surface area contributed by atoms with E-state index in [-0.39, 0.29) is 19.2 Å². The van der Waals surface area contributed by atoms with Gasteiger partial charge in [0.15, 0.2) is 0 Å². The second-order valence-corrected chi connectivity index (χ2v) is 10.2. The van der Waals surface area contributed by atoms with Crippen molar-refractivity contribution in [2.24, 2.45) is 0 Å². The molecule has 0 aromatic rings. The minimum absolute atomic E-state index is 0.185. The molecule has 0 aromatic heterocycles. The molecule has 38 heavy (non-hydrogen) atoms. The Morgan fingerprint density at radius 3 is 1.76 bits per heavy atom. The Kier molecular flexibility index (Phi) is 30.2. The van der Waals surface area contributed by atoms with Crippen LogP contribution in [-0.2, 0) is 14.3 Å². The maximum atomic E-state index is 12.0. The summed E-state index contributed by atoms with van der Waals surface area (Å²) >= 11 is 0. The highest BCUT2D eigenvalue weighted by atomic mass is 16.6. The smallest absolute Gasteiger partial charge is 0.306 e. The van der Waals surface area contributed by atoms with Crippen molar-refractivity contribution < 1.29 is 19.4 Å². The normalized spacial score (nSPS) is 13.0. The average Bonchev–Trinajstić information content (AvgIpc) is 2.92. The van der Waals surface area contributed by atoms with Crippen LogP contribution in [0.4, 0.5) is 0 Å². The van der Waals surface area contributed by atoms with Crippen LogP contribution < -0.4 is 0 Å². The third-order valence-electron chi connectivity index (χ3n) is 6.42. The molecule has 0 aromatic carbocycles. The van der Waals surface area contributed by atoms with Crippen LogP contribution in [0.25, 0.3) is 0 Å². The van der Waals surface area contributed by atoms with Gasteiger partial charge in [-0.15, -0.1) is 0 Å². The highest BCUT2D eigenvalue weighted by Crippen LogP contribution is 2.12. The van der Waals surface area contributed by atoms with E-state index in [1.54, 1.807) is 0 Å². The van der Waals surface area contributed by atoms with Gasteiger partial charge in [0.1, 0.15) is 6.10 Å². The summed E-state index contributed by atoms with van der Waals surface area (Å²) in [6.07, 6.45) is 38.5. The first-order valence-electron chi connectivity index (χ1n) is 15.7. The van der Waals surface area contributed by atoms with E-state index in [1.165, 1.54) is 51.4 Å². The Morgan fingerprint density at radius 1 is 0.658 bits per heavy atom. The van der Waals surface area contributed by atoms with Gasteiger partial charge in [0, 0.05) is 13.0 Å². The standard InChI is InChI=1S/C34H60O4/c1-3-5-7-9-11-13-15-16-17-18-19-20-22-24-26-28-30-37-32-33(31-35)38-34(36)29-27-25-23-21-14-12-10-8-6-4-2/h5,7,11,13,16-17,19-20,33,35H,3-4,6,8-10,12,14-15,18,21-32H2,1-2H3/b7-5-,13-11-,17-16-,20-19-. The molecule has 0 saturated heterocycles. The minimum atomic E-state index is -0.546. The van der Waals surface area contributed by atoms with Crippen LogP contribution in [0, 0.1) is 0 Å². The summed E-state index contributed by atoms with van der Waals surface area (Å²) in [6, 6.07) is 0. The minimum Gasteiger partial charge on any atom is -0.457 e. The summed E-state index contributed by atoms with van der Waals surface area (Å²) in [6.45, 7) is 5.13. The van der Waals surface area contributed by atoms with Crippen molar-refractivity contribution in [3.05, 3.63) is 48.6 Å². The lowest BCUT2D eigenvalue weighted by Crippen LogP contribution is -2.27. The molecule has 0 aliphatic heterocycles. The van der Waals surface area contributed by atoms with Gasteiger partial charge in [-0.25, -0.2) is 0 Å². The first-order chi connectivity index (χ1) is 18.7. The third kappa shape index (κ3) is 28.9. The van der Waals surface area contributed by atoms with Crippen LogP contribution in [0.15, 0.2) is 48.6 Å². The Labute approximate surface area is 235 Å². The predicted molar refractivity (Wildman–Crippen MR) is 163 cm³/mol. The van der Waals surface area contributed by atoms with Crippen molar-refractivity contribution in [3.8, 4) is 0 Å². The quantitative estimate of drug-likeness (QED) is 0.0619. The molecule has 0 amide bonds. The highest BCUT2D eigenvalue weighted by Gasteiger charge is 2.13. The van der Waals surface area contributed by atoms with E-state index in [0.29, 0.717) is 13.0 Å². The maximum absolute atomic E-state index is 12.0. The molecule has 0 rings (SSSR count). The number of esters is 1. The molecular weight excluding hydrogens is 472 g/mol. The Bertz CT molecular complexity index is 606. The number of carbonyl (C=O) groups is 1. The summed E-state index contributed by atoms with van der Waals surface area (Å²) in [5.41, 5.74) is 0. The Morgan fingerprint density at radius 2 is 1.18 bits per heavy atom. The van der Waals surface area contributed by atoms with E-state index in [1.807, 2.05) is 0 Å². The van der Waals surface area contributed by atoms with E-state index in [0.717, 1.165) is 64.2 Å². The molecule has 220 valence electrons. The van der Waals surface area contributed by atoms with Crippen molar-refractivity contribution in [1.82, 2.24) is 0 Å². The number of allylic oxidation sites excluding steroid dienone is 8. The number of rotatable bonds is 28. The van der Waals surface area contributed by atoms with Crippen molar-refractivity contribution in [3.63, 3.8) is 0 Å². The fourth-order valence-corrected chi connectivity index (χ4v) is 4.08. The molecule has 0 aliphatic carbocycles. The predicted octanol–water partition coefficient (Wildman–Crippen LogP) is 9.58. The number of unbranched alkanes of at least 4 members (excludes halogenated alkanes) is 12. The van der Waals surface area contributed by atoms with Crippen LogP contribution in [0.2, 0.25) is 0 Å². The fourth-order valence-electron chi connectivity index (χ4n) is 4.08. The maximum Gasteiger partial charge on any atom is 0.306 e.